The minimum atomic E-state index is -0.298. The maximum atomic E-state index is 10.8. The van der Waals surface area contributed by atoms with Crippen LogP contribution in [0.1, 0.15) is 26.2 Å². The van der Waals surface area contributed by atoms with E-state index in [2.05, 4.69) is 24.4 Å². The topological polar surface area (TPSA) is 73.1 Å². The van der Waals surface area contributed by atoms with Gasteiger partial charge in [-0.1, -0.05) is 18.2 Å². The SMILES string of the molecule is CC(=O)OCSc1ncnc2c1ncn2CN1CCCCC1. The first-order valence-corrected chi connectivity index (χ1v) is 8.37. The number of imidazole rings is 1. The van der Waals surface area contributed by atoms with E-state index in [1.54, 1.807) is 0 Å². The Kier molecular flexibility index (Phi) is 4.89. The molecule has 0 atom stereocenters. The maximum Gasteiger partial charge on any atom is 0.303 e. The molecule has 3 heterocycles. The molecule has 0 unspecified atom stereocenters. The lowest BCUT2D eigenvalue weighted by Gasteiger charge is -2.26. The molecule has 22 heavy (non-hydrogen) atoms. The van der Waals surface area contributed by atoms with Gasteiger partial charge in [0.05, 0.1) is 13.0 Å². The Morgan fingerprint density at radius 1 is 1.27 bits per heavy atom. The number of aromatic nitrogens is 4. The van der Waals surface area contributed by atoms with Gasteiger partial charge in [0, 0.05) is 6.92 Å². The number of fused-ring (bicyclic) bond motifs is 1. The monoisotopic (exact) mass is 321 g/mol. The highest BCUT2D eigenvalue weighted by atomic mass is 32.2. The van der Waals surface area contributed by atoms with Crippen molar-refractivity contribution in [1.29, 1.82) is 0 Å². The van der Waals surface area contributed by atoms with Gasteiger partial charge in [-0.2, -0.15) is 0 Å². The number of esters is 1. The normalized spacial score (nSPS) is 16.0. The molecule has 0 spiro atoms. The fourth-order valence-electron chi connectivity index (χ4n) is 2.55. The fraction of sp³-hybridized carbons (Fsp3) is 0.571. The highest BCUT2D eigenvalue weighted by Gasteiger charge is 2.15. The van der Waals surface area contributed by atoms with Crippen molar-refractivity contribution in [3.05, 3.63) is 12.7 Å². The molecule has 118 valence electrons. The van der Waals surface area contributed by atoms with Crippen LogP contribution in [-0.4, -0.2) is 49.4 Å². The number of hydrogen-bond donors (Lipinski definition) is 0. The van der Waals surface area contributed by atoms with E-state index in [0.29, 0.717) is 0 Å². The maximum absolute atomic E-state index is 10.8. The van der Waals surface area contributed by atoms with Crippen LogP contribution < -0.4 is 0 Å². The molecule has 3 rings (SSSR count). The van der Waals surface area contributed by atoms with Crippen LogP contribution in [0.15, 0.2) is 17.7 Å². The van der Waals surface area contributed by atoms with Crippen molar-refractivity contribution < 1.29 is 9.53 Å². The Bertz CT molecular complexity index is 654. The van der Waals surface area contributed by atoms with Gasteiger partial charge >= 0.3 is 5.97 Å². The standard InChI is InChI=1S/C14H19N5O2S/c1-11(20)21-10-22-14-12-13(15-7-16-14)19(8-17-12)9-18-5-3-2-4-6-18/h7-8H,2-6,9-10H2,1H3. The number of carbonyl (C=O) groups excluding carboxylic acids is 1. The van der Waals surface area contributed by atoms with Gasteiger partial charge in [0.25, 0.3) is 0 Å². The summed E-state index contributed by atoms with van der Waals surface area (Å²) in [5.41, 5.74) is 1.59. The van der Waals surface area contributed by atoms with E-state index in [1.807, 2.05) is 6.33 Å². The summed E-state index contributed by atoms with van der Waals surface area (Å²) in [4.78, 5) is 26.3. The molecule has 1 saturated heterocycles. The van der Waals surface area contributed by atoms with Gasteiger partial charge in [0.2, 0.25) is 0 Å². The zero-order valence-corrected chi connectivity index (χ0v) is 13.4. The van der Waals surface area contributed by atoms with Crippen molar-refractivity contribution in [1.82, 2.24) is 24.4 Å². The van der Waals surface area contributed by atoms with Gasteiger partial charge in [0.15, 0.2) is 5.65 Å². The predicted octanol–water partition coefficient (Wildman–Crippen LogP) is 1.88. The molecule has 0 saturated carbocycles. The Labute approximate surface area is 133 Å². The number of rotatable bonds is 5. The number of piperidine rings is 1. The van der Waals surface area contributed by atoms with Gasteiger partial charge in [-0.25, -0.2) is 15.0 Å². The molecule has 7 nitrogen and oxygen atoms in total. The molecule has 8 heteroatoms. The molecule has 0 aromatic carbocycles. The van der Waals surface area contributed by atoms with Crippen LogP contribution in [0, 0.1) is 0 Å². The summed E-state index contributed by atoms with van der Waals surface area (Å²) in [5, 5.41) is 0.739. The van der Waals surface area contributed by atoms with E-state index < -0.39 is 0 Å². The Hall–Kier alpha value is -1.67. The molecule has 0 amide bonds. The summed E-state index contributed by atoms with van der Waals surface area (Å²) in [6.45, 7) is 4.45. The third kappa shape index (κ3) is 3.56. The molecular weight excluding hydrogens is 302 g/mol. The highest BCUT2D eigenvalue weighted by Crippen LogP contribution is 2.23. The lowest BCUT2D eigenvalue weighted by molar-refractivity contribution is -0.138. The molecule has 1 aliphatic heterocycles. The van der Waals surface area contributed by atoms with Crippen molar-refractivity contribution in [2.75, 3.05) is 19.0 Å². The number of nitrogens with zero attached hydrogens (tertiary/aromatic N) is 5. The first-order valence-electron chi connectivity index (χ1n) is 7.38. The first kappa shape index (κ1) is 15.2. The lowest BCUT2D eigenvalue weighted by atomic mass is 10.1. The van der Waals surface area contributed by atoms with Crippen molar-refractivity contribution in [2.24, 2.45) is 0 Å². The van der Waals surface area contributed by atoms with E-state index in [9.17, 15) is 4.79 Å². The molecule has 0 radical (unpaired) electrons. The summed E-state index contributed by atoms with van der Waals surface area (Å²) >= 11 is 1.35. The van der Waals surface area contributed by atoms with Gasteiger partial charge in [-0.3, -0.25) is 9.69 Å². The summed E-state index contributed by atoms with van der Waals surface area (Å²) < 4.78 is 7.00. The van der Waals surface area contributed by atoms with E-state index in [4.69, 9.17) is 4.74 Å². The van der Waals surface area contributed by atoms with Gasteiger partial charge < -0.3 is 9.30 Å². The zero-order chi connectivity index (χ0) is 15.4. The number of thioether (sulfide) groups is 1. The van der Waals surface area contributed by atoms with Crippen LogP contribution in [0.25, 0.3) is 11.2 Å². The van der Waals surface area contributed by atoms with Crippen LogP contribution in [0.2, 0.25) is 0 Å². The molecule has 0 bridgehead atoms. The minimum absolute atomic E-state index is 0.237. The van der Waals surface area contributed by atoms with Crippen molar-refractivity contribution in [3.8, 4) is 0 Å². The Morgan fingerprint density at radius 3 is 2.86 bits per heavy atom. The lowest BCUT2D eigenvalue weighted by Crippen LogP contribution is -2.31. The van der Waals surface area contributed by atoms with E-state index in [0.717, 1.165) is 35.9 Å². The minimum Gasteiger partial charge on any atom is -0.454 e. The molecule has 2 aromatic rings. The molecule has 0 aliphatic carbocycles. The summed E-state index contributed by atoms with van der Waals surface area (Å²) in [6, 6.07) is 0. The van der Waals surface area contributed by atoms with E-state index >= 15 is 0 Å². The van der Waals surface area contributed by atoms with Crippen LogP contribution >= 0.6 is 11.8 Å². The summed E-state index contributed by atoms with van der Waals surface area (Å²) in [5.74, 6) is -0.0612. The smallest absolute Gasteiger partial charge is 0.303 e. The molecule has 2 aromatic heterocycles. The average Bonchev–Trinajstić information content (AvgIpc) is 2.92. The van der Waals surface area contributed by atoms with Gasteiger partial charge in [-0.15, -0.1) is 0 Å². The van der Waals surface area contributed by atoms with E-state index in [1.165, 1.54) is 44.3 Å². The fourth-order valence-corrected chi connectivity index (χ4v) is 3.29. The highest BCUT2D eigenvalue weighted by molar-refractivity contribution is 7.99. The van der Waals surface area contributed by atoms with Gasteiger partial charge in [0.1, 0.15) is 22.8 Å². The third-order valence-corrected chi connectivity index (χ3v) is 4.43. The second-order valence-corrected chi connectivity index (χ2v) is 6.19. The Morgan fingerprint density at radius 2 is 2.09 bits per heavy atom. The molecule has 0 N–H and O–H groups in total. The first-order chi connectivity index (χ1) is 10.7. The number of carbonyl (C=O) groups is 1. The summed E-state index contributed by atoms with van der Waals surface area (Å²) in [7, 11) is 0. The predicted molar refractivity (Wildman–Crippen MR) is 83.2 cm³/mol. The van der Waals surface area contributed by atoms with E-state index in [-0.39, 0.29) is 11.9 Å². The number of likely N-dealkylation sites (tertiary alicyclic amines) is 1. The van der Waals surface area contributed by atoms with Crippen LogP contribution in [0.4, 0.5) is 0 Å². The van der Waals surface area contributed by atoms with Crippen LogP contribution in [0.3, 0.4) is 0 Å². The largest absolute Gasteiger partial charge is 0.454 e. The van der Waals surface area contributed by atoms with Crippen molar-refractivity contribution >= 4 is 28.9 Å². The second-order valence-electron chi connectivity index (χ2n) is 5.28. The number of ether oxygens (including phenoxy) is 1. The third-order valence-electron chi connectivity index (χ3n) is 3.63. The molecule has 1 fully saturated rings. The van der Waals surface area contributed by atoms with Gasteiger partial charge in [-0.05, 0) is 25.9 Å². The molecular formula is C14H19N5O2S. The van der Waals surface area contributed by atoms with Crippen molar-refractivity contribution in [3.63, 3.8) is 0 Å². The average molecular weight is 321 g/mol. The molecule has 1 aliphatic rings. The number of hydrogen-bond acceptors (Lipinski definition) is 7. The van der Waals surface area contributed by atoms with Crippen LogP contribution in [0.5, 0.6) is 0 Å². The second kappa shape index (κ2) is 7.06. The summed E-state index contributed by atoms with van der Waals surface area (Å²) in [6.07, 6.45) is 7.17. The van der Waals surface area contributed by atoms with Crippen LogP contribution in [-0.2, 0) is 16.2 Å². The quantitative estimate of drug-likeness (QED) is 0.360. The Balaban J connectivity index is 1.74. The van der Waals surface area contributed by atoms with Crippen molar-refractivity contribution in [2.45, 2.75) is 37.9 Å². The zero-order valence-electron chi connectivity index (χ0n) is 12.6.